The maximum absolute atomic E-state index is 4.70. The van der Waals surface area contributed by atoms with E-state index < -0.39 is 0 Å². The molecule has 0 radical (unpaired) electrons. The molecule has 0 spiro atoms. The van der Waals surface area contributed by atoms with Gasteiger partial charge in [0.1, 0.15) is 11.3 Å². The van der Waals surface area contributed by atoms with E-state index in [1.54, 1.807) is 0 Å². The maximum Gasteiger partial charge on any atom is 0.146 e. The molecular formula is C32H19N5. The van der Waals surface area contributed by atoms with Crippen molar-refractivity contribution in [3.8, 4) is 5.69 Å². The van der Waals surface area contributed by atoms with Gasteiger partial charge in [0, 0.05) is 67.6 Å². The highest BCUT2D eigenvalue weighted by molar-refractivity contribution is 6.30. The van der Waals surface area contributed by atoms with Crippen molar-refractivity contribution < 1.29 is 0 Å². The number of benzene rings is 4. The molecule has 5 heteroatoms. The summed E-state index contributed by atoms with van der Waals surface area (Å²) in [6, 6.07) is 32.5. The Kier molecular flexibility index (Phi) is 3.47. The summed E-state index contributed by atoms with van der Waals surface area (Å²) < 4.78 is 4.45. The summed E-state index contributed by atoms with van der Waals surface area (Å²) in [7, 11) is 0. The van der Waals surface area contributed by atoms with E-state index in [4.69, 9.17) is 9.97 Å². The largest absolute Gasteiger partial charge is 0.354 e. The number of fused-ring (bicyclic) bond motifs is 13. The van der Waals surface area contributed by atoms with E-state index in [1.165, 1.54) is 38.0 Å². The van der Waals surface area contributed by atoms with Gasteiger partial charge in [0.2, 0.25) is 0 Å². The van der Waals surface area contributed by atoms with Gasteiger partial charge in [-0.2, -0.15) is 0 Å². The fourth-order valence-corrected chi connectivity index (χ4v) is 6.24. The highest BCUT2D eigenvalue weighted by Gasteiger charge is 2.19. The van der Waals surface area contributed by atoms with Crippen molar-refractivity contribution in [2.24, 2.45) is 0 Å². The van der Waals surface area contributed by atoms with E-state index in [-0.39, 0.29) is 0 Å². The molecule has 0 unspecified atom stereocenters. The molecule has 0 aliphatic heterocycles. The zero-order chi connectivity index (χ0) is 24.1. The summed E-state index contributed by atoms with van der Waals surface area (Å²) in [6.07, 6.45) is 5.68. The number of nitrogens with zero attached hydrogens (tertiary/aromatic N) is 4. The van der Waals surface area contributed by atoms with Crippen LogP contribution in [0.1, 0.15) is 0 Å². The molecule has 0 fully saturated rings. The molecule has 5 heterocycles. The van der Waals surface area contributed by atoms with E-state index in [9.17, 15) is 0 Å². The third-order valence-electron chi connectivity index (χ3n) is 7.74. The number of aromatic nitrogens is 5. The number of imidazole rings is 1. The molecule has 5 nitrogen and oxygen atoms in total. The average molecular weight is 474 g/mol. The van der Waals surface area contributed by atoms with E-state index in [0.717, 1.165) is 38.8 Å². The topological polar surface area (TPSA) is 50.9 Å². The summed E-state index contributed by atoms with van der Waals surface area (Å²) in [5.74, 6) is 0. The third-order valence-corrected chi connectivity index (χ3v) is 7.74. The minimum Gasteiger partial charge on any atom is -0.354 e. The Morgan fingerprint density at radius 1 is 0.541 bits per heavy atom. The summed E-state index contributed by atoms with van der Waals surface area (Å²) in [5.41, 5.74) is 7.67. The molecular weight excluding hydrogens is 454 g/mol. The van der Waals surface area contributed by atoms with Gasteiger partial charge in [-0.25, -0.2) is 9.97 Å². The van der Waals surface area contributed by atoms with Gasteiger partial charge in [-0.05, 0) is 60.0 Å². The van der Waals surface area contributed by atoms with Crippen LogP contribution >= 0.6 is 0 Å². The Morgan fingerprint density at radius 2 is 1.35 bits per heavy atom. The lowest BCUT2D eigenvalue weighted by Crippen LogP contribution is -1.92. The molecule has 0 saturated heterocycles. The Morgan fingerprint density at radius 3 is 2.30 bits per heavy atom. The molecule has 5 aromatic heterocycles. The maximum atomic E-state index is 4.70. The fourth-order valence-electron chi connectivity index (χ4n) is 6.24. The van der Waals surface area contributed by atoms with Crippen LogP contribution in [0.4, 0.5) is 0 Å². The van der Waals surface area contributed by atoms with Crippen molar-refractivity contribution in [3.63, 3.8) is 0 Å². The van der Waals surface area contributed by atoms with E-state index in [2.05, 4.69) is 98.9 Å². The first-order valence-corrected chi connectivity index (χ1v) is 12.4. The molecule has 9 aromatic rings. The lowest BCUT2D eigenvalue weighted by Gasteiger charge is -2.08. The minimum absolute atomic E-state index is 0.924. The fraction of sp³-hybridized carbons (Fsp3) is 0. The molecule has 37 heavy (non-hydrogen) atoms. The van der Waals surface area contributed by atoms with Gasteiger partial charge in [-0.1, -0.05) is 36.4 Å². The van der Waals surface area contributed by atoms with Gasteiger partial charge in [-0.3, -0.25) is 4.40 Å². The molecule has 4 aromatic carbocycles. The van der Waals surface area contributed by atoms with Crippen LogP contribution in [-0.4, -0.2) is 23.9 Å². The third kappa shape index (κ3) is 2.38. The van der Waals surface area contributed by atoms with Crippen LogP contribution in [0.25, 0.3) is 76.8 Å². The number of nitrogens with one attached hydrogen (secondary N) is 1. The monoisotopic (exact) mass is 473 g/mol. The number of aromatic amines is 1. The molecule has 0 atom stereocenters. The predicted octanol–water partition coefficient (Wildman–Crippen LogP) is 7.77. The van der Waals surface area contributed by atoms with Gasteiger partial charge in [0.05, 0.1) is 11.0 Å². The lowest BCUT2D eigenvalue weighted by molar-refractivity contribution is 1.18. The summed E-state index contributed by atoms with van der Waals surface area (Å²) >= 11 is 0. The number of hydrogen-bond acceptors (Lipinski definition) is 2. The van der Waals surface area contributed by atoms with Crippen LogP contribution in [0.2, 0.25) is 0 Å². The minimum atomic E-state index is 0.924. The summed E-state index contributed by atoms with van der Waals surface area (Å²) in [6.45, 7) is 0. The first kappa shape index (κ1) is 19.1. The van der Waals surface area contributed by atoms with Crippen molar-refractivity contribution in [1.29, 1.82) is 0 Å². The van der Waals surface area contributed by atoms with Gasteiger partial charge in [0.15, 0.2) is 0 Å². The van der Waals surface area contributed by atoms with Crippen LogP contribution in [-0.2, 0) is 0 Å². The molecule has 0 aliphatic rings. The molecule has 0 aliphatic carbocycles. The highest BCUT2D eigenvalue weighted by Crippen LogP contribution is 2.41. The van der Waals surface area contributed by atoms with Crippen LogP contribution in [0.15, 0.2) is 110 Å². The second-order valence-corrected chi connectivity index (χ2v) is 9.63. The Labute approximate surface area is 210 Å². The van der Waals surface area contributed by atoms with Crippen molar-refractivity contribution in [2.75, 3.05) is 0 Å². The van der Waals surface area contributed by atoms with Gasteiger partial charge in [0.25, 0.3) is 0 Å². The van der Waals surface area contributed by atoms with Gasteiger partial charge < -0.3 is 9.55 Å². The first-order chi connectivity index (χ1) is 18.4. The SMILES string of the molecule is c1ccc(-n2c3ccccc3c3c4c(ccc32)[nH]c2cc3c(cc24)c2cccnc2n2ccnc32)cc1. The van der Waals surface area contributed by atoms with Crippen LogP contribution in [0.3, 0.4) is 0 Å². The average Bonchev–Trinajstić information content (AvgIpc) is 3.66. The van der Waals surface area contributed by atoms with Gasteiger partial charge in [-0.15, -0.1) is 0 Å². The molecule has 9 rings (SSSR count). The number of para-hydroxylation sites is 2. The zero-order valence-corrected chi connectivity index (χ0v) is 19.7. The summed E-state index contributed by atoms with van der Waals surface area (Å²) in [4.78, 5) is 13.1. The summed E-state index contributed by atoms with van der Waals surface area (Å²) in [5, 5.41) is 8.39. The van der Waals surface area contributed by atoms with Crippen LogP contribution in [0, 0.1) is 0 Å². The van der Waals surface area contributed by atoms with E-state index >= 15 is 0 Å². The van der Waals surface area contributed by atoms with Crippen LogP contribution in [0.5, 0.6) is 0 Å². The number of H-pyrrole nitrogens is 1. The molecule has 172 valence electrons. The van der Waals surface area contributed by atoms with Crippen molar-refractivity contribution in [3.05, 3.63) is 110 Å². The van der Waals surface area contributed by atoms with Gasteiger partial charge >= 0.3 is 0 Å². The smallest absolute Gasteiger partial charge is 0.146 e. The Bertz CT molecular complexity index is 2350. The zero-order valence-electron chi connectivity index (χ0n) is 19.7. The lowest BCUT2D eigenvalue weighted by atomic mass is 10.0. The quantitative estimate of drug-likeness (QED) is 0.248. The van der Waals surface area contributed by atoms with Crippen molar-refractivity contribution >= 4 is 71.1 Å². The van der Waals surface area contributed by atoms with E-state index in [1.807, 2.05) is 24.7 Å². The van der Waals surface area contributed by atoms with Crippen LogP contribution < -0.4 is 0 Å². The predicted molar refractivity (Wildman–Crippen MR) is 152 cm³/mol. The second kappa shape index (κ2) is 6.74. The molecule has 1 N–H and O–H groups in total. The first-order valence-electron chi connectivity index (χ1n) is 12.4. The normalized spacial score (nSPS) is 12.3. The number of rotatable bonds is 1. The standard InChI is InChI=1S/C32H19N5/c1-2-7-19(8-3-1)37-27-11-5-4-9-21(27)30-28(37)13-12-25-29(30)24-17-22-20-10-6-14-33-31(20)36-16-15-34-32(36)23(22)18-26(24)35-25/h1-18,35H. The highest BCUT2D eigenvalue weighted by atomic mass is 15.0. The molecule has 0 saturated carbocycles. The Balaban J connectivity index is 1.52. The Hall–Kier alpha value is -5.16. The number of pyridine rings is 2. The molecule has 0 amide bonds. The number of hydrogen-bond donors (Lipinski definition) is 1. The molecule has 0 bridgehead atoms. The van der Waals surface area contributed by atoms with E-state index in [0.29, 0.717) is 0 Å². The second-order valence-electron chi connectivity index (χ2n) is 9.63. The van der Waals surface area contributed by atoms with Crippen molar-refractivity contribution in [1.82, 2.24) is 23.9 Å². The van der Waals surface area contributed by atoms with Crippen molar-refractivity contribution in [2.45, 2.75) is 0 Å².